The number of rotatable bonds is 12. The number of nitrogens with one attached hydrogen (secondary N) is 1. The molecule has 0 spiro atoms. The molecule has 0 aromatic carbocycles. The Bertz CT molecular complexity index is 3320. The number of hydrogen-bond acceptors (Lipinski definition) is 21. The number of nitrogens with zero attached hydrogens (tertiary/aromatic N) is 6. The third-order valence-corrected chi connectivity index (χ3v) is 19.8. The average molecular weight is 1310 g/mol. The van der Waals surface area contributed by atoms with Crippen molar-refractivity contribution in [2.24, 2.45) is 41.4 Å². The van der Waals surface area contributed by atoms with Crippen LogP contribution in [-0.4, -0.2) is 175 Å². The van der Waals surface area contributed by atoms with E-state index in [9.17, 15) is 39.3 Å². The molecule has 7 heterocycles. The second-order valence-electron chi connectivity index (χ2n) is 27.6. The maximum atomic E-state index is 14.9. The second kappa shape index (κ2) is 33.0. The number of nitrogen functional groups attached to an aromatic ring is 1. The van der Waals surface area contributed by atoms with Crippen LogP contribution in [-0.2, 0) is 54.2 Å². The zero-order valence-electron chi connectivity index (χ0n) is 57.1. The molecule has 4 fully saturated rings. The molecule has 23 heteroatoms. The number of aliphatic hydroxyl groups excluding tert-OH is 2. The molecule has 4 aliphatic heterocycles. The van der Waals surface area contributed by atoms with Gasteiger partial charge < -0.3 is 64.3 Å². The number of hydrogen-bond donors (Lipinski definition) is 5. The van der Waals surface area contributed by atoms with Gasteiger partial charge in [-0.15, -0.1) is 0 Å². The number of ether oxygens (including phenoxy) is 6. The summed E-state index contributed by atoms with van der Waals surface area (Å²) in [4.78, 5) is 83.8. The maximum Gasteiger partial charge on any atom is 0.329 e. The number of esters is 1. The first-order valence-electron chi connectivity index (χ1n) is 33.9. The number of piperidine rings is 2. The van der Waals surface area contributed by atoms with E-state index in [1.807, 2.05) is 76.5 Å². The first-order chi connectivity index (χ1) is 44.8. The lowest BCUT2D eigenvalue weighted by Crippen LogP contribution is -2.61. The number of fused-ring (bicyclic) bond motifs is 4. The molecular formula is C71H102N8O15. The number of aryl methyl sites for hydroxylation is 1. The van der Waals surface area contributed by atoms with Gasteiger partial charge in [0.15, 0.2) is 28.9 Å². The van der Waals surface area contributed by atoms with Crippen molar-refractivity contribution in [3.63, 3.8) is 0 Å². The van der Waals surface area contributed by atoms with Crippen LogP contribution in [0.25, 0.3) is 22.6 Å². The number of cyclic esters (lactones) is 1. The molecule has 3 saturated heterocycles. The number of carbonyl (C=O) groups is 5. The van der Waals surface area contributed by atoms with Crippen molar-refractivity contribution >= 4 is 46.1 Å². The number of nitrogens with two attached hydrogens (primary N) is 1. The van der Waals surface area contributed by atoms with Gasteiger partial charge in [0.2, 0.25) is 5.79 Å². The van der Waals surface area contributed by atoms with E-state index in [4.69, 9.17) is 48.8 Å². The van der Waals surface area contributed by atoms with E-state index in [0.717, 1.165) is 31.5 Å². The van der Waals surface area contributed by atoms with Crippen molar-refractivity contribution < 1.29 is 72.3 Å². The van der Waals surface area contributed by atoms with E-state index in [2.05, 4.69) is 27.5 Å². The molecule has 94 heavy (non-hydrogen) atoms. The monoisotopic (exact) mass is 1310 g/mol. The van der Waals surface area contributed by atoms with E-state index in [-0.39, 0.29) is 72.7 Å². The van der Waals surface area contributed by atoms with E-state index in [1.165, 1.54) is 12.0 Å². The number of pyridine rings is 1. The number of aliphatic hydroxyl groups is 3. The largest absolute Gasteiger partial charge is 0.489 e. The summed E-state index contributed by atoms with van der Waals surface area (Å²) in [5.74, 6) is -0.909. The third-order valence-electron chi connectivity index (χ3n) is 19.8. The molecule has 1 unspecified atom stereocenters. The fourth-order valence-electron chi connectivity index (χ4n) is 14.0. The summed E-state index contributed by atoms with van der Waals surface area (Å²) in [5, 5.41) is 46.2. The lowest BCUT2D eigenvalue weighted by atomic mass is 9.78. The summed E-state index contributed by atoms with van der Waals surface area (Å²) < 4.78 is 44.5. The molecular weight excluding hydrogens is 1200 g/mol. The Morgan fingerprint density at radius 1 is 0.915 bits per heavy atom. The fourth-order valence-corrected chi connectivity index (χ4v) is 14.0. The van der Waals surface area contributed by atoms with Gasteiger partial charge in [-0.2, -0.15) is 0 Å². The molecule has 0 radical (unpaired) electrons. The SMILES string of the molecule is CCn1c(-c2nonc2N)nc2c(C#CC(C)(C)O[C@H]3C[C@@H]4CC[C@@H](C)[C@@](O)(O4)C(=O)C(=O)N4CCCC[C@H]4C(=O)O[C@H](C(C)C[C@H]4CC[C@@H](O)[C@H](OC)C4)CC(=O)[C@H](C)/C=C(\C)[C@@H](O)[C@@H](OC)C(=O)[C@H](C)C[C@H](C)/C=C/C=C/C=C\3C)ncc(OC[C@H]3CCCNC3)c21. The summed E-state index contributed by atoms with van der Waals surface area (Å²) in [7, 11) is 2.93. The van der Waals surface area contributed by atoms with E-state index in [0.29, 0.717) is 111 Å². The van der Waals surface area contributed by atoms with Gasteiger partial charge in [-0.25, -0.2) is 19.4 Å². The van der Waals surface area contributed by atoms with Crippen LogP contribution in [0.15, 0.2) is 58.4 Å². The normalized spacial score (nSPS) is 33.4. The molecule has 1 aliphatic carbocycles. The minimum absolute atomic E-state index is 0.0255. The van der Waals surface area contributed by atoms with Crippen molar-refractivity contribution in [1.29, 1.82) is 0 Å². The van der Waals surface area contributed by atoms with Gasteiger partial charge in [0.05, 0.1) is 37.2 Å². The molecule has 3 aromatic heterocycles. The quantitative estimate of drug-likeness (QED) is 0.0494. The summed E-state index contributed by atoms with van der Waals surface area (Å²) in [6, 6.07) is -1.22. The number of ketones is 3. The van der Waals surface area contributed by atoms with E-state index < -0.39 is 89.5 Å². The van der Waals surface area contributed by atoms with E-state index >= 15 is 0 Å². The number of Topliss-reactive ketones (excluding diaryl/α,β-unsaturated/α-hetero) is 3. The number of allylic oxidation sites excluding steroid dienone is 6. The van der Waals surface area contributed by atoms with Crippen molar-refractivity contribution in [3.05, 3.63) is 59.5 Å². The number of amides is 1. The van der Waals surface area contributed by atoms with Gasteiger partial charge in [0.25, 0.3) is 11.7 Å². The third kappa shape index (κ3) is 17.9. The number of carbonyl (C=O) groups excluding carboxylic acids is 5. The Morgan fingerprint density at radius 3 is 2.39 bits per heavy atom. The molecule has 516 valence electrons. The maximum absolute atomic E-state index is 14.9. The summed E-state index contributed by atoms with van der Waals surface area (Å²) in [6.45, 7) is 20.9. The minimum atomic E-state index is -2.59. The zero-order chi connectivity index (χ0) is 68.2. The van der Waals surface area contributed by atoms with Crippen LogP contribution in [0.1, 0.15) is 165 Å². The Labute approximate surface area is 553 Å². The smallest absolute Gasteiger partial charge is 0.329 e. The lowest BCUT2D eigenvalue weighted by Gasteiger charge is -2.43. The average Bonchev–Trinajstić information content (AvgIpc) is 1.47. The fraction of sp³-hybridized carbons (Fsp3) is 0.676. The molecule has 5 aliphatic rings. The Balaban J connectivity index is 1.12. The van der Waals surface area contributed by atoms with E-state index in [1.54, 1.807) is 47.1 Å². The topological polar surface area (TPSA) is 312 Å². The molecule has 8 rings (SSSR count). The van der Waals surface area contributed by atoms with Gasteiger partial charge in [0, 0.05) is 70.4 Å². The predicted octanol–water partition coefficient (Wildman–Crippen LogP) is 8.16. The first kappa shape index (κ1) is 73.3. The lowest BCUT2D eigenvalue weighted by molar-refractivity contribution is -0.266. The molecule has 3 aromatic rings. The summed E-state index contributed by atoms with van der Waals surface area (Å²) in [5.41, 5.74) is 7.81. The van der Waals surface area contributed by atoms with Crippen LogP contribution in [0.5, 0.6) is 5.75 Å². The Morgan fingerprint density at radius 2 is 1.69 bits per heavy atom. The van der Waals surface area contributed by atoms with Crippen LogP contribution in [0.2, 0.25) is 0 Å². The van der Waals surface area contributed by atoms with Gasteiger partial charge >= 0.3 is 5.97 Å². The van der Waals surface area contributed by atoms with Crippen LogP contribution in [0.3, 0.4) is 0 Å². The zero-order valence-corrected chi connectivity index (χ0v) is 57.1. The molecule has 23 nitrogen and oxygen atoms in total. The predicted molar refractivity (Wildman–Crippen MR) is 352 cm³/mol. The molecule has 1 saturated carbocycles. The van der Waals surface area contributed by atoms with Crippen molar-refractivity contribution in [2.45, 2.75) is 226 Å². The molecule has 16 atom stereocenters. The van der Waals surface area contributed by atoms with Gasteiger partial charge in [-0.1, -0.05) is 77.0 Å². The number of imidazole rings is 1. The first-order valence-corrected chi connectivity index (χ1v) is 33.9. The molecule has 1 amide bonds. The van der Waals surface area contributed by atoms with Gasteiger partial charge in [0.1, 0.15) is 52.5 Å². The molecule has 2 bridgehead atoms. The van der Waals surface area contributed by atoms with Gasteiger partial charge in [-0.05, 0) is 163 Å². The van der Waals surface area contributed by atoms with Crippen LogP contribution < -0.4 is 15.8 Å². The standard InChI is InChI=1S/C71H102N8O15/c1-13-78-61-58(90-40-49-22-19-30-73-38-49)39-74-51(59(61)75-67(78)60-66(72)77-94-76-60)28-29-70(9,10)93-56-36-50-26-24-47(8)71(87,92-50)65(84)68(85)79-31-18-17-23-52(79)69(86)91-55(44(5)34-48-25-27-53(80)57(35-48)88-11)37-54(81)43(4)33-46(7)63(83)64(89-12)62(82)45(6)32-41(2)20-15-14-16-21-42(56)3/h14-16,20-21,33,39,41,43-45,47-50,52-53,55-57,63-64,73,80,83,87H,13,17-19,22-27,30-32,34-38,40H2,1-12H3,(H2,72,77)/b16-14+,20-15+,42-21-,46-33+/t41-,43-,44?,45-,47-,48-,49+,50+,52+,53-,55+,56+,57-,63-,64+,71-/m1/s1. The number of anilines is 1. The van der Waals surface area contributed by atoms with Gasteiger partial charge in [-0.3, -0.25) is 19.2 Å². The molecule has 6 N–H and O–H groups in total. The summed E-state index contributed by atoms with van der Waals surface area (Å²) >= 11 is 0. The number of aromatic nitrogens is 5. The highest BCUT2D eigenvalue weighted by molar-refractivity contribution is 6.39. The Kier molecular flexibility index (Phi) is 25.7. The minimum Gasteiger partial charge on any atom is -0.489 e. The highest BCUT2D eigenvalue weighted by Gasteiger charge is 2.53. The van der Waals surface area contributed by atoms with Crippen molar-refractivity contribution in [1.82, 2.24) is 35.1 Å². The van der Waals surface area contributed by atoms with Crippen LogP contribution in [0, 0.1) is 53.3 Å². The highest BCUT2D eigenvalue weighted by atomic mass is 16.6. The highest BCUT2D eigenvalue weighted by Crippen LogP contribution is 2.40. The van der Waals surface area contributed by atoms with Crippen LogP contribution in [0.4, 0.5) is 5.82 Å². The van der Waals surface area contributed by atoms with Crippen molar-refractivity contribution in [3.8, 4) is 29.1 Å². The second-order valence-corrected chi connectivity index (χ2v) is 27.6. The Hall–Kier alpha value is -6.49. The summed E-state index contributed by atoms with van der Waals surface area (Å²) in [6.07, 6.45) is 13.2. The van der Waals surface area contributed by atoms with Crippen molar-refractivity contribution in [2.75, 3.05) is 46.2 Å². The number of methoxy groups -OCH3 is 2. The van der Waals surface area contributed by atoms with Crippen LogP contribution >= 0.6 is 0 Å².